The Morgan fingerprint density at radius 3 is 2.55 bits per heavy atom. The Kier molecular flexibility index (Phi) is 4.37. The first-order valence-corrected chi connectivity index (χ1v) is 7.96. The molecule has 0 spiro atoms. The van der Waals surface area contributed by atoms with E-state index in [0.29, 0.717) is 12.0 Å². The summed E-state index contributed by atoms with van der Waals surface area (Å²) in [5.74, 6) is 0.649. The van der Waals surface area contributed by atoms with Crippen LogP contribution in [-0.2, 0) is 0 Å². The zero-order valence-electron chi connectivity index (χ0n) is 12.4. The van der Waals surface area contributed by atoms with Crippen LogP contribution in [0.5, 0.6) is 0 Å². The van der Waals surface area contributed by atoms with E-state index in [1.165, 1.54) is 31.2 Å². The molecule has 110 valence electrons. The van der Waals surface area contributed by atoms with Crippen LogP contribution >= 0.6 is 0 Å². The number of hydrogen-bond donors (Lipinski definition) is 1. The number of benzene rings is 1. The van der Waals surface area contributed by atoms with Gasteiger partial charge in [-0.15, -0.1) is 0 Å². The molecular weight excluding hydrogens is 251 g/mol. The third kappa shape index (κ3) is 2.89. The van der Waals surface area contributed by atoms with Crippen molar-refractivity contribution in [1.29, 1.82) is 0 Å². The lowest BCUT2D eigenvalue weighted by Gasteiger charge is -2.38. The third-order valence-corrected chi connectivity index (χ3v) is 4.93. The van der Waals surface area contributed by atoms with Crippen molar-refractivity contribution in [2.24, 2.45) is 5.92 Å². The second-order valence-electron chi connectivity index (χ2n) is 6.28. The number of halogens is 1. The Balaban J connectivity index is 1.88. The largest absolute Gasteiger partial charge is 0.314 e. The van der Waals surface area contributed by atoms with Crippen molar-refractivity contribution in [3.8, 4) is 0 Å². The van der Waals surface area contributed by atoms with Crippen molar-refractivity contribution in [1.82, 2.24) is 10.2 Å². The molecule has 1 saturated heterocycles. The first-order chi connectivity index (χ1) is 9.75. The molecule has 2 aliphatic rings. The van der Waals surface area contributed by atoms with Crippen LogP contribution in [0.15, 0.2) is 18.2 Å². The van der Waals surface area contributed by atoms with Gasteiger partial charge in [-0.05, 0) is 42.9 Å². The van der Waals surface area contributed by atoms with Crippen LogP contribution < -0.4 is 5.32 Å². The fourth-order valence-electron chi connectivity index (χ4n) is 3.81. The molecule has 0 amide bonds. The van der Waals surface area contributed by atoms with Crippen molar-refractivity contribution >= 4 is 0 Å². The number of hydrogen-bond acceptors (Lipinski definition) is 2. The smallest absolute Gasteiger partial charge is 0.126 e. The standard InChI is InChI=1S/C17H25FN2/c1-13-6-7-15(12-16(13)18)17(14-4-2-3-5-14)20-10-8-19-9-11-20/h6-7,12,14,17,19H,2-5,8-11H2,1H3/t17-/m0/s1. The maximum atomic E-state index is 14.0. The molecule has 0 aromatic heterocycles. The van der Waals surface area contributed by atoms with Gasteiger partial charge in [-0.25, -0.2) is 4.39 Å². The fourth-order valence-corrected chi connectivity index (χ4v) is 3.81. The predicted octanol–water partition coefficient (Wildman–Crippen LogP) is 3.27. The Morgan fingerprint density at radius 2 is 1.90 bits per heavy atom. The van der Waals surface area contributed by atoms with E-state index in [1.54, 1.807) is 6.07 Å². The molecule has 1 heterocycles. The lowest BCUT2D eigenvalue weighted by atomic mass is 9.89. The Hall–Kier alpha value is -0.930. The summed E-state index contributed by atoms with van der Waals surface area (Å²) in [5.41, 5.74) is 1.93. The Morgan fingerprint density at radius 1 is 1.20 bits per heavy atom. The summed E-state index contributed by atoms with van der Waals surface area (Å²) in [7, 11) is 0. The minimum absolute atomic E-state index is 0.0550. The van der Waals surface area contributed by atoms with Crippen LogP contribution in [0.1, 0.15) is 42.9 Å². The van der Waals surface area contributed by atoms with Crippen LogP contribution in [0, 0.1) is 18.7 Å². The van der Waals surface area contributed by atoms with E-state index in [1.807, 2.05) is 13.0 Å². The fraction of sp³-hybridized carbons (Fsp3) is 0.647. The number of aryl methyl sites for hydroxylation is 1. The summed E-state index contributed by atoms with van der Waals surface area (Å²) < 4.78 is 14.0. The lowest BCUT2D eigenvalue weighted by molar-refractivity contribution is 0.125. The normalized spacial score (nSPS) is 23.1. The van der Waals surface area contributed by atoms with Gasteiger partial charge in [0.05, 0.1) is 0 Å². The topological polar surface area (TPSA) is 15.3 Å². The van der Waals surface area contributed by atoms with Gasteiger partial charge in [0.25, 0.3) is 0 Å². The average Bonchev–Trinajstić information content (AvgIpc) is 2.98. The lowest BCUT2D eigenvalue weighted by Crippen LogP contribution is -2.46. The van der Waals surface area contributed by atoms with E-state index >= 15 is 0 Å². The summed E-state index contributed by atoms with van der Waals surface area (Å²) in [4.78, 5) is 2.57. The van der Waals surface area contributed by atoms with Crippen LogP contribution in [0.2, 0.25) is 0 Å². The molecule has 2 fully saturated rings. The molecule has 0 radical (unpaired) electrons. The molecule has 20 heavy (non-hydrogen) atoms. The number of nitrogens with zero attached hydrogens (tertiary/aromatic N) is 1. The summed E-state index contributed by atoms with van der Waals surface area (Å²) in [6, 6.07) is 6.27. The zero-order chi connectivity index (χ0) is 13.9. The predicted molar refractivity (Wildman–Crippen MR) is 80.3 cm³/mol. The Bertz CT molecular complexity index is 448. The minimum Gasteiger partial charge on any atom is -0.314 e. The molecule has 1 aromatic rings. The van der Waals surface area contributed by atoms with Crippen LogP contribution in [0.4, 0.5) is 4.39 Å². The van der Waals surface area contributed by atoms with E-state index in [0.717, 1.165) is 31.7 Å². The number of piperazine rings is 1. The van der Waals surface area contributed by atoms with Gasteiger partial charge in [-0.2, -0.15) is 0 Å². The summed E-state index contributed by atoms with van der Waals surface area (Å²) in [5, 5.41) is 3.42. The molecule has 1 aromatic carbocycles. The van der Waals surface area contributed by atoms with Gasteiger partial charge in [-0.3, -0.25) is 4.90 Å². The SMILES string of the molecule is Cc1ccc([C@H](C2CCCC2)N2CCNCC2)cc1F. The van der Waals surface area contributed by atoms with Crippen LogP contribution in [0.25, 0.3) is 0 Å². The third-order valence-electron chi connectivity index (χ3n) is 4.93. The van der Waals surface area contributed by atoms with Crippen LogP contribution in [-0.4, -0.2) is 31.1 Å². The van der Waals surface area contributed by atoms with Gasteiger partial charge in [-0.1, -0.05) is 25.0 Å². The van der Waals surface area contributed by atoms with Gasteiger partial charge in [0, 0.05) is 32.2 Å². The van der Waals surface area contributed by atoms with Gasteiger partial charge < -0.3 is 5.32 Å². The highest BCUT2D eigenvalue weighted by Gasteiger charge is 2.32. The highest BCUT2D eigenvalue weighted by molar-refractivity contribution is 5.26. The molecule has 0 bridgehead atoms. The van der Waals surface area contributed by atoms with E-state index in [4.69, 9.17) is 0 Å². The van der Waals surface area contributed by atoms with Gasteiger partial charge in [0.2, 0.25) is 0 Å². The number of nitrogens with one attached hydrogen (secondary N) is 1. The summed E-state index contributed by atoms with van der Waals surface area (Å²) in [6.07, 6.45) is 5.26. The molecule has 3 heteroatoms. The molecule has 1 saturated carbocycles. The number of rotatable bonds is 3. The molecule has 1 atom stereocenters. The van der Waals surface area contributed by atoms with Crippen molar-refractivity contribution in [2.45, 2.75) is 38.6 Å². The zero-order valence-corrected chi connectivity index (χ0v) is 12.4. The first kappa shape index (κ1) is 14.0. The van der Waals surface area contributed by atoms with Crippen molar-refractivity contribution in [2.75, 3.05) is 26.2 Å². The van der Waals surface area contributed by atoms with Crippen molar-refractivity contribution in [3.05, 3.63) is 35.1 Å². The molecule has 0 unspecified atom stereocenters. The van der Waals surface area contributed by atoms with Crippen molar-refractivity contribution in [3.63, 3.8) is 0 Å². The maximum Gasteiger partial charge on any atom is 0.126 e. The van der Waals surface area contributed by atoms with E-state index in [2.05, 4.69) is 16.3 Å². The summed E-state index contributed by atoms with van der Waals surface area (Å²) >= 11 is 0. The van der Waals surface area contributed by atoms with Gasteiger partial charge in [0.1, 0.15) is 5.82 Å². The van der Waals surface area contributed by atoms with E-state index < -0.39 is 0 Å². The van der Waals surface area contributed by atoms with Gasteiger partial charge >= 0.3 is 0 Å². The monoisotopic (exact) mass is 276 g/mol. The summed E-state index contributed by atoms with van der Waals surface area (Å²) in [6.45, 7) is 6.11. The molecule has 3 rings (SSSR count). The molecule has 1 N–H and O–H groups in total. The highest BCUT2D eigenvalue weighted by atomic mass is 19.1. The van der Waals surface area contributed by atoms with Crippen molar-refractivity contribution < 1.29 is 4.39 Å². The highest BCUT2D eigenvalue weighted by Crippen LogP contribution is 2.39. The van der Waals surface area contributed by atoms with Gasteiger partial charge in [0.15, 0.2) is 0 Å². The maximum absolute atomic E-state index is 14.0. The molecule has 1 aliphatic carbocycles. The van der Waals surface area contributed by atoms with E-state index in [9.17, 15) is 4.39 Å². The second kappa shape index (κ2) is 6.23. The average molecular weight is 276 g/mol. The molecular formula is C17H25FN2. The quantitative estimate of drug-likeness (QED) is 0.911. The van der Waals surface area contributed by atoms with E-state index in [-0.39, 0.29) is 5.82 Å². The Labute approximate surface area is 121 Å². The minimum atomic E-state index is -0.0550. The second-order valence-corrected chi connectivity index (χ2v) is 6.28. The molecule has 2 nitrogen and oxygen atoms in total. The molecule has 1 aliphatic heterocycles. The first-order valence-electron chi connectivity index (χ1n) is 7.96. The van der Waals surface area contributed by atoms with Crippen LogP contribution in [0.3, 0.4) is 0 Å².